The molecule has 0 spiro atoms. The maximum atomic E-state index is 12.1. The molecule has 1 aromatic heterocycles. The van der Waals surface area contributed by atoms with E-state index in [1.807, 2.05) is 24.3 Å². The lowest BCUT2D eigenvalue weighted by atomic mass is 10.2. The highest BCUT2D eigenvalue weighted by Gasteiger charge is 2.20. The van der Waals surface area contributed by atoms with Crippen molar-refractivity contribution in [3.05, 3.63) is 56.7 Å². The fraction of sp³-hybridized carbons (Fsp3) is 0.524. The van der Waals surface area contributed by atoms with Crippen LogP contribution < -0.4 is 20.9 Å². The predicted octanol–water partition coefficient (Wildman–Crippen LogP) is 0.822. The Morgan fingerprint density at radius 3 is 2.45 bits per heavy atom. The van der Waals surface area contributed by atoms with Crippen molar-refractivity contribution in [1.82, 2.24) is 14.0 Å². The van der Waals surface area contributed by atoms with E-state index in [-0.39, 0.29) is 11.2 Å². The maximum absolute atomic E-state index is 12.1. The summed E-state index contributed by atoms with van der Waals surface area (Å²) in [6, 6.07) is 9.49. The molecule has 1 aromatic carbocycles. The van der Waals surface area contributed by atoms with Crippen LogP contribution in [0.1, 0.15) is 12.0 Å². The number of anilines is 1. The largest absolute Gasteiger partial charge is 0.493 e. The van der Waals surface area contributed by atoms with E-state index in [0.717, 1.165) is 55.0 Å². The molecule has 1 aliphatic rings. The Kier molecular flexibility index (Phi) is 7.11. The van der Waals surface area contributed by atoms with Gasteiger partial charge in [-0.2, -0.15) is 0 Å². The molecule has 8 heteroatoms. The molecule has 0 N–H and O–H groups in total. The van der Waals surface area contributed by atoms with Gasteiger partial charge in [-0.3, -0.25) is 18.8 Å². The van der Waals surface area contributed by atoms with Gasteiger partial charge in [-0.1, -0.05) is 18.2 Å². The topological polar surface area (TPSA) is 68.9 Å². The van der Waals surface area contributed by atoms with Gasteiger partial charge in [0.1, 0.15) is 11.6 Å². The Labute approximate surface area is 170 Å². The van der Waals surface area contributed by atoms with E-state index < -0.39 is 0 Å². The van der Waals surface area contributed by atoms with Gasteiger partial charge in [0.15, 0.2) is 0 Å². The van der Waals surface area contributed by atoms with Crippen LogP contribution in [-0.2, 0) is 25.4 Å². The molecular weight excluding hydrogens is 372 g/mol. The molecule has 1 fully saturated rings. The van der Waals surface area contributed by atoms with Crippen molar-refractivity contribution < 1.29 is 9.47 Å². The number of piperazine rings is 1. The van der Waals surface area contributed by atoms with Crippen LogP contribution in [0.25, 0.3) is 0 Å². The molecule has 0 unspecified atom stereocenters. The minimum Gasteiger partial charge on any atom is -0.493 e. The first-order valence-electron chi connectivity index (χ1n) is 9.95. The van der Waals surface area contributed by atoms with Crippen molar-refractivity contribution in [3.63, 3.8) is 0 Å². The van der Waals surface area contributed by atoms with Crippen molar-refractivity contribution in [3.8, 4) is 5.75 Å². The number of nitrogens with zero attached hydrogens (tertiary/aromatic N) is 4. The van der Waals surface area contributed by atoms with Gasteiger partial charge in [0.2, 0.25) is 0 Å². The second-order valence-corrected chi connectivity index (χ2v) is 7.31. The second-order valence-electron chi connectivity index (χ2n) is 7.31. The number of hydrogen-bond donors (Lipinski definition) is 0. The summed E-state index contributed by atoms with van der Waals surface area (Å²) in [6.45, 7) is 5.52. The Balaban J connectivity index is 1.46. The molecule has 1 aliphatic heterocycles. The number of para-hydroxylation sites is 1. The zero-order valence-electron chi connectivity index (χ0n) is 17.5. The molecule has 0 saturated carbocycles. The van der Waals surface area contributed by atoms with E-state index in [2.05, 4.69) is 9.80 Å². The number of methoxy groups -OCH3 is 1. The lowest BCUT2D eigenvalue weighted by Crippen LogP contribution is -2.49. The smallest absolute Gasteiger partial charge is 0.332 e. The Morgan fingerprint density at radius 2 is 1.72 bits per heavy atom. The molecule has 29 heavy (non-hydrogen) atoms. The molecule has 0 bridgehead atoms. The van der Waals surface area contributed by atoms with Gasteiger partial charge in [0, 0.05) is 65.6 Å². The van der Waals surface area contributed by atoms with Crippen LogP contribution in [-0.4, -0.2) is 60.5 Å². The van der Waals surface area contributed by atoms with Crippen molar-refractivity contribution in [2.45, 2.75) is 13.0 Å². The van der Waals surface area contributed by atoms with Gasteiger partial charge in [0.25, 0.3) is 5.56 Å². The predicted molar refractivity (Wildman–Crippen MR) is 113 cm³/mol. The van der Waals surface area contributed by atoms with Gasteiger partial charge in [-0.15, -0.1) is 0 Å². The molecule has 8 nitrogen and oxygen atoms in total. The number of aromatic nitrogens is 2. The second kappa shape index (κ2) is 9.76. The molecular formula is C21H30N4O4. The minimum absolute atomic E-state index is 0.267. The lowest BCUT2D eigenvalue weighted by molar-refractivity contribution is 0.178. The number of rotatable bonds is 8. The third kappa shape index (κ3) is 5.07. The average Bonchev–Trinajstić information content (AvgIpc) is 2.74. The highest BCUT2D eigenvalue weighted by Crippen LogP contribution is 2.19. The maximum Gasteiger partial charge on any atom is 0.332 e. The first-order valence-corrected chi connectivity index (χ1v) is 9.95. The molecule has 0 radical (unpaired) electrons. The Morgan fingerprint density at radius 1 is 1.00 bits per heavy atom. The van der Waals surface area contributed by atoms with Crippen molar-refractivity contribution in [2.24, 2.45) is 14.1 Å². The van der Waals surface area contributed by atoms with E-state index in [0.29, 0.717) is 19.0 Å². The minimum atomic E-state index is -0.291. The zero-order chi connectivity index (χ0) is 20.8. The third-order valence-electron chi connectivity index (χ3n) is 5.35. The highest BCUT2D eigenvalue weighted by molar-refractivity contribution is 5.39. The highest BCUT2D eigenvalue weighted by atomic mass is 16.5. The normalized spacial score (nSPS) is 14.9. The summed E-state index contributed by atoms with van der Waals surface area (Å²) in [5.41, 5.74) is 0.500. The van der Waals surface area contributed by atoms with Crippen LogP contribution in [0.2, 0.25) is 0 Å². The summed E-state index contributed by atoms with van der Waals surface area (Å²) in [6.07, 6.45) is 0.936. The quantitative estimate of drug-likeness (QED) is 0.609. The summed E-state index contributed by atoms with van der Waals surface area (Å²) in [4.78, 5) is 28.6. The standard InChI is InChI=1S/C21H30N4O4/c1-22-19(15-20(26)23(2)21(22)27)25-12-10-24(11-13-25)9-6-14-29-18-8-5-4-7-17(18)16-28-3/h4-5,7-8,15H,6,9-14,16H2,1-3H3. The van der Waals surface area contributed by atoms with Crippen LogP contribution in [0.5, 0.6) is 5.75 Å². The summed E-state index contributed by atoms with van der Waals surface area (Å²) >= 11 is 0. The number of ether oxygens (including phenoxy) is 2. The third-order valence-corrected chi connectivity index (χ3v) is 5.35. The molecule has 0 amide bonds. The monoisotopic (exact) mass is 402 g/mol. The van der Waals surface area contributed by atoms with E-state index >= 15 is 0 Å². The SMILES string of the molecule is COCc1ccccc1OCCCN1CCN(c2cc(=O)n(C)c(=O)n2C)CC1. The molecule has 2 aromatic rings. The van der Waals surface area contributed by atoms with Gasteiger partial charge < -0.3 is 14.4 Å². The van der Waals surface area contributed by atoms with E-state index in [9.17, 15) is 9.59 Å². The van der Waals surface area contributed by atoms with Gasteiger partial charge in [-0.05, 0) is 12.5 Å². The first-order chi connectivity index (χ1) is 14.0. The van der Waals surface area contributed by atoms with Crippen LogP contribution in [0, 0.1) is 0 Å². The van der Waals surface area contributed by atoms with E-state index in [4.69, 9.17) is 9.47 Å². The van der Waals surface area contributed by atoms with Crippen LogP contribution in [0.4, 0.5) is 5.82 Å². The average molecular weight is 402 g/mol. The van der Waals surface area contributed by atoms with Crippen molar-refractivity contribution in [1.29, 1.82) is 0 Å². The fourth-order valence-electron chi connectivity index (χ4n) is 3.62. The summed E-state index contributed by atoms with van der Waals surface area (Å²) < 4.78 is 13.8. The molecule has 0 aliphatic carbocycles. The van der Waals surface area contributed by atoms with E-state index in [1.54, 1.807) is 24.8 Å². The van der Waals surface area contributed by atoms with Crippen LogP contribution >= 0.6 is 0 Å². The van der Waals surface area contributed by atoms with Crippen LogP contribution in [0.15, 0.2) is 39.9 Å². The molecule has 0 atom stereocenters. The molecule has 3 rings (SSSR count). The van der Waals surface area contributed by atoms with Gasteiger partial charge >= 0.3 is 5.69 Å². The molecule has 158 valence electrons. The number of benzene rings is 1. The number of hydrogen-bond acceptors (Lipinski definition) is 6. The Bertz CT molecular complexity index is 929. The summed E-state index contributed by atoms with van der Waals surface area (Å²) in [5.74, 6) is 1.57. The summed E-state index contributed by atoms with van der Waals surface area (Å²) in [5, 5.41) is 0. The fourth-order valence-corrected chi connectivity index (χ4v) is 3.62. The van der Waals surface area contributed by atoms with Gasteiger partial charge in [-0.25, -0.2) is 4.79 Å². The van der Waals surface area contributed by atoms with Crippen molar-refractivity contribution in [2.75, 3.05) is 51.3 Å². The first kappa shape index (κ1) is 21.1. The molecule has 1 saturated heterocycles. The molecule has 2 heterocycles. The Hall–Kier alpha value is -2.58. The van der Waals surface area contributed by atoms with Crippen LogP contribution in [0.3, 0.4) is 0 Å². The van der Waals surface area contributed by atoms with E-state index in [1.165, 1.54) is 7.05 Å². The van der Waals surface area contributed by atoms with Crippen molar-refractivity contribution >= 4 is 5.82 Å². The van der Waals surface area contributed by atoms with Gasteiger partial charge in [0.05, 0.1) is 13.2 Å². The summed E-state index contributed by atoms with van der Waals surface area (Å²) in [7, 11) is 4.89. The zero-order valence-corrected chi connectivity index (χ0v) is 17.5. The lowest BCUT2D eigenvalue weighted by Gasteiger charge is -2.36.